The monoisotopic (exact) mass is 672 g/mol. The highest BCUT2D eigenvalue weighted by Crippen LogP contribution is 2.39. The Kier molecular flexibility index (Phi) is 12.4. The molecular formula is C31H32ClF7N6O. The van der Waals surface area contributed by atoms with Gasteiger partial charge in [0.2, 0.25) is 0 Å². The second-order valence-corrected chi connectivity index (χ2v) is 10.5. The number of carbonyl (C=O) groups is 1. The predicted octanol–water partition coefficient (Wildman–Crippen LogP) is 8.81. The van der Waals surface area contributed by atoms with Gasteiger partial charge < -0.3 is 21.3 Å². The summed E-state index contributed by atoms with van der Waals surface area (Å²) < 4.78 is 93.9. The van der Waals surface area contributed by atoms with Crippen LogP contribution in [0.2, 0.25) is 5.02 Å². The van der Waals surface area contributed by atoms with Crippen molar-refractivity contribution in [3.63, 3.8) is 0 Å². The smallest absolute Gasteiger partial charge is 0.383 e. The molecule has 0 radical (unpaired) electrons. The zero-order valence-corrected chi connectivity index (χ0v) is 25.7. The average molecular weight is 673 g/mol. The number of rotatable bonds is 9. The van der Waals surface area contributed by atoms with Crippen molar-refractivity contribution in [1.29, 1.82) is 0 Å². The lowest BCUT2D eigenvalue weighted by Crippen LogP contribution is -2.33. The first kappa shape index (κ1) is 36.2. The summed E-state index contributed by atoms with van der Waals surface area (Å²) in [5.74, 6) is -0.466. The molecule has 0 unspecified atom stereocenters. The van der Waals surface area contributed by atoms with E-state index in [1.165, 1.54) is 48.7 Å². The maximum atomic E-state index is 13.9. The number of hydrogen-bond donors (Lipinski definition) is 5. The van der Waals surface area contributed by atoms with Crippen molar-refractivity contribution in [2.45, 2.75) is 39.2 Å². The molecule has 4 aromatic rings. The van der Waals surface area contributed by atoms with Crippen LogP contribution in [0, 0.1) is 5.82 Å². The van der Waals surface area contributed by atoms with E-state index in [1.54, 1.807) is 0 Å². The largest absolute Gasteiger partial charge is 0.418 e. The van der Waals surface area contributed by atoms with Crippen LogP contribution in [0.5, 0.6) is 0 Å². The van der Waals surface area contributed by atoms with Gasteiger partial charge in [0, 0.05) is 41.6 Å². The van der Waals surface area contributed by atoms with Crippen molar-refractivity contribution < 1.29 is 35.5 Å². The summed E-state index contributed by atoms with van der Waals surface area (Å²) in [6, 6.07) is 11.6. The molecule has 7 nitrogen and oxygen atoms in total. The van der Waals surface area contributed by atoms with Crippen LogP contribution in [0.3, 0.4) is 0 Å². The minimum Gasteiger partial charge on any atom is -0.383 e. The molecule has 0 fully saturated rings. The Morgan fingerprint density at radius 2 is 1.54 bits per heavy atom. The van der Waals surface area contributed by atoms with Gasteiger partial charge in [-0.2, -0.15) is 31.4 Å². The lowest BCUT2D eigenvalue weighted by atomic mass is 9.99. The Morgan fingerprint density at radius 3 is 2.13 bits per heavy atom. The van der Waals surface area contributed by atoms with Gasteiger partial charge in [0.25, 0.3) is 0 Å². The van der Waals surface area contributed by atoms with Gasteiger partial charge in [-0.25, -0.2) is 9.18 Å². The molecule has 0 saturated heterocycles. The third-order valence-electron chi connectivity index (χ3n) is 6.28. The molecule has 0 aliphatic carbocycles. The fraction of sp³-hybridized carbons (Fsp3) is 0.290. The molecule has 1 heterocycles. The van der Waals surface area contributed by atoms with Crippen LogP contribution in [-0.2, 0) is 12.4 Å². The van der Waals surface area contributed by atoms with E-state index in [4.69, 9.17) is 11.6 Å². The fourth-order valence-electron chi connectivity index (χ4n) is 4.22. The van der Waals surface area contributed by atoms with Gasteiger partial charge in [0.15, 0.2) is 0 Å². The van der Waals surface area contributed by atoms with Crippen molar-refractivity contribution >= 4 is 29.0 Å². The summed E-state index contributed by atoms with van der Waals surface area (Å²) in [6.07, 6.45) is -8.09. The van der Waals surface area contributed by atoms with E-state index in [0.717, 1.165) is 18.7 Å². The van der Waals surface area contributed by atoms with E-state index in [1.807, 2.05) is 0 Å². The highest BCUT2D eigenvalue weighted by atomic mass is 35.5. The van der Waals surface area contributed by atoms with Crippen LogP contribution in [0.4, 0.5) is 46.9 Å². The van der Waals surface area contributed by atoms with Gasteiger partial charge in [-0.05, 0) is 66.7 Å². The molecule has 2 amide bonds. The highest BCUT2D eigenvalue weighted by Gasteiger charge is 2.35. The van der Waals surface area contributed by atoms with E-state index in [-0.39, 0.29) is 30.0 Å². The van der Waals surface area contributed by atoms with Gasteiger partial charge in [0.05, 0.1) is 28.0 Å². The van der Waals surface area contributed by atoms with Crippen molar-refractivity contribution in [3.8, 4) is 22.4 Å². The zero-order chi connectivity index (χ0) is 34.1. The Morgan fingerprint density at radius 1 is 0.891 bits per heavy atom. The van der Waals surface area contributed by atoms with Crippen LogP contribution in [0.1, 0.15) is 31.9 Å². The van der Waals surface area contributed by atoms with Gasteiger partial charge in [-0.15, -0.1) is 0 Å². The summed E-state index contributed by atoms with van der Waals surface area (Å²) in [7, 11) is 0. The maximum absolute atomic E-state index is 13.9. The van der Waals surface area contributed by atoms with Crippen LogP contribution >= 0.6 is 11.6 Å². The number of urea groups is 1. The number of nitrogens with zero attached hydrogens (tertiary/aromatic N) is 1. The molecule has 0 atom stereocenters. The summed E-state index contributed by atoms with van der Waals surface area (Å²) in [5, 5.41) is 16.5. The minimum atomic E-state index is -4.73. The number of aromatic nitrogens is 2. The number of carbonyl (C=O) groups excluding carboxylic acids is 1. The number of amides is 2. The molecule has 3 aromatic carbocycles. The first-order valence-electron chi connectivity index (χ1n) is 14.0. The predicted molar refractivity (Wildman–Crippen MR) is 165 cm³/mol. The van der Waals surface area contributed by atoms with Crippen LogP contribution < -0.4 is 21.3 Å². The number of nitrogens with one attached hydrogen (secondary N) is 5. The first-order chi connectivity index (χ1) is 21.6. The van der Waals surface area contributed by atoms with Crippen molar-refractivity contribution in [1.82, 2.24) is 20.8 Å². The summed E-state index contributed by atoms with van der Waals surface area (Å²) in [5.41, 5.74) is -0.996. The molecule has 0 saturated carbocycles. The molecule has 0 aliphatic rings. The van der Waals surface area contributed by atoms with Crippen LogP contribution in [-0.4, -0.2) is 41.9 Å². The summed E-state index contributed by atoms with van der Waals surface area (Å²) >= 11 is 5.55. The third-order valence-corrected chi connectivity index (χ3v) is 6.61. The van der Waals surface area contributed by atoms with Gasteiger partial charge >= 0.3 is 18.4 Å². The topological polar surface area (TPSA) is 93.9 Å². The quantitative estimate of drug-likeness (QED) is 0.0908. The SMILES string of the molecule is CCNC(C)C.O=C(NCCNc1ccc(-c2cn[nH]c2-c2ccc(F)cc2)cc1C(F)(F)F)Nc1ccc(Cl)c(C(F)(F)F)c1. The second-order valence-electron chi connectivity index (χ2n) is 10.1. The molecule has 5 N–H and O–H groups in total. The number of aromatic amines is 1. The van der Waals surface area contributed by atoms with Crippen molar-refractivity contribution in [2.24, 2.45) is 0 Å². The number of hydrogen-bond acceptors (Lipinski definition) is 4. The summed E-state index contributed by atoms with van der Waals surface area (Å²) in [6.45, 7) is 7.20. The molecule has 1 aromatic heterocycles. The Labute approximate surface area is 265 Å². The molecule has 0 spiro atoms. The highest BCUT2D eigenvalue weighted by molar-refractivity contribution is 6.31. The number of halogens is 8. The second kappa shape index (κ2) is 15.8. The molecule has 0 bridgehead atoms. The Balaban J connectivity index is 0.000000875. The van der Waals surface area contributed by atoms with Gasteiger partial charge in [-0.1, -0.05) is 38.4 Å². The minimum absolute atomic E-state index is 0.128. The fourth-order valence-corrected chi connectivity index (χ4v) is 4.44. The lowest BCUT2D eigenvalue weighted by molar-refractivity contribution is -0.138. The van der Waals surface area contributed by atoms with E-state index < -0.39 is 40.4 Å². The number of alkyl halides is 6. The molecule has 0 aliphatic heterocycles. The van der Waals surface area contributed by atoms with Crippen LogP contribution in [0.25, 0.3) is 22.4 Å². The maximum Gasteiger partial charge on any atom is 0.418 e. The third kappa shape index (κ3) is 10.4. The Hall–Kier alpha value is -4.30. The zero-order valence-electron chi connectivity index (χ0n) is 24.9. The molecule has 4 rings (SSSR count). The molecule has 46 heavy (non-hydrogen) atoms. The van der Waals surface area contributed by atoms with Crippen LogP contribution in [0.15, 0.2) is 66.9 Å². The van der Waals surface area contributed by atoms with Crippen molar-refractivity contribution in [2.75, 3.05) is 30.3 Å². The van der Waals surface area contributed by atoms with Crippen molar-refractivity contribution in [3.05, 3.63) is 88.8 Å². The Bertz CT molecular complexity index is 1590. The first-order valence-corrected chi connectivity index (χ1v) is 14.4. The van der Waals surface area contributed by atoms with E-state index in [9.17, 15) is 35.5 Å². The summed E-state index contributed by atoms with van der Waals surface area (Å²) in [4.78, 5) is 12.1. The van der Waals surface area contributed by atoms with Gasteiger partial charge in [-0.3, -0.25) is 5.10 Å². The normalized spacial score (nSPS) is 11.6. The molecular weight excluding hydrogens is 641 g/mol. The number of anilines is 2. The van der Waals surface area contributed by atoms with Gasteiger partial charge in [0.1, 0.15) is 5.82 Å². The van der Waals surface area contributed by atoms with E-state index >= 15 is 0 Å². The number of H-pyrrole nitrogens is 1. The number of benzene rings is 3. The molecule has 15 heteroatoms. The molecule has 248 valence electrons. The van der Waals surface area contributed by atoms with E-state index in [2.05, 4.69) is 52.2 Å². The average Bonchev–Trinajstić information content (AvgIpc) is 3.46. The standard InChI is InChI=1S/C26H19ClF7N5O.C5H13N/c27-21-7-6-17(12-19(21)25(29,30)31)38-24(40)36-10-9-35-22-8-3-15(11-20(22)26(32,33)34)18-13-37-39-23(18)14-1-4-16(28)5-2-14;1-4-6-5(2)3/h1-8,11-13,35H,9-10H2,(H,37,39)(H2,36,38,40);5-6H,4H2,1-3H3. The lowest BCUT2D eigenvalue weighted by Gasteiger charge is -2.17. The van der Waals surface area contributed by atoms with E-state index in [0.29, 0.717) is 28.9 Å².